The lowest BCUT2D eigenvalue weighted by Gasteiger charge is -2.28. The summed E-state index contributed by atoms with van der Waals surface area (Å²) >= 11 is 0. The van der Waals surface area contributed by atoms with Gasteiger partial charge in [0.2, 0.25) is 5.79 Å². The monoisotopic (exact) mass is 198 g/mol. The van der Waals surface area contributed by atoms with Crippen LogP contribution in [0.25, 0.3) is 0 Å². The molecule has 1 saturated carbocycles. The number of rotatable bonds is 4. The summed E-state index contributed by atoms with van der Waals surface area (Å²) in [5.74, 6) is -1.01. The summed E-state index contributed by atoms with van der Waals surface area (Å²) in [6.07, 6.45) is 3.73. The van der Waals surface area contributed by atoms with Crippen molar-refractivity contribution in [2.75, 3.05) is 6.61 Å². The van der Waals surface area contributed by atoms with Gasteiger partial charge in [0, 0.05) is 25.0 Å². The SMILES string of the molecule is C=C(C)C(=O)OC1(OCC)CCCC1. The van der Waals surface area contributed by atoms with Crippen LogP contribution in [-0.4, -0.2) is 18.4 Å². The van der Waals surface area contributed by atoms with Crippen LogP contribution < -0.4 is 0 Å². The second-order valence-electron chi connectivity index (χ2n) is 3.72. The van der Waals surface area contributed by atoms with E-state index in [-0.39, 0.29) is 5.97 Å². The van der Waals surface area contributed by atoms with E-state index in [1.807, 2.05) is 6.92 Å². The normalized spacial score (nSPS) is 19.3. The first-order chi connectivity index (χ1) is 6.59. The van der Waals surface area contributed by atoms with Crippen LogP contribution in [0.5, 0.6) is 0 Å². The van der Waals surface area contributed by atoms with Crippen molar-refractivity contribution < 1.29 is 14.3 Å². The number of hydrogen-bond donors (Lipinski definition) is 0. The van der Waals surface area contributed by atoms with E-state index in [2.05, 4.69) is 6.58 Å². The molecule has 0 radical (unpaired) electrons. The third-order valence-electron chi connectivity index (χ3n) is 2.40. The first-order valence-electron chi connectivity index (χ1n) is 5.12. The van der Waals surface area contributed by atoms with Gasteiger partial charge in [0.05, 0.1) is 0 Å². The van der Waals surface area contributed by atoms with Gasteiger partial charge >= 0.3 is 5.97 Å². The predicted octanol–water partition coefficient (Wildman–Crippen LogP) is 2.41. The fraction of sp³-hybridized carbons (Fsp3) is 0.727. The van der Waals surface area contributed by atoms with Crippen LogP contribution in [0.15, 0.2) is 12.2 Å². The van der Waals surface area contributed by atoms with Gasteiger partial charge in [0.25, 0.3) is 0 Å². The van der Waals surface area contributed by atoms with E-state index in [0.29, 0.717) is 12.2 Å². The molecule has 0 heterocycles. The van der Waals surface area contributed by atoms with Crippen molar-refractivity contribution >= 4 is 5.97 Å². The molecule has 3 heteroatoms. The largest absolute Gasteiger partial charge is 0.430 e. The van der Waals surface area contributed by atoms with Crippen LogP contribution in [0.2, 0.25) is 0 Å². The molecule has 1 aliphatic carbocycles. The maximum Gasteiger partial charge on any atom is 0.335 e. The molecule has 1 fully saturated rings. The summed E-state index contributed by atoms with van der Waals surface area (Å²) in [6.45, 7) is 7.69. The van der Waals surface area contributed by atoms with Crippen molar-refractivity contribution in [1.82, 2.24) is 0 Å². The van der Waals surface area contributed by atoms with E-state index >= 15 is 0 Å². The first-order valence-corrected chi connectivity index (χ1v) is 5.12. The maximum absolute atomic E-state index is 11.4. The third kappa shape index (κ3) is 2.58. The van der Waals surface area contributed by atoms with E-state index in [1.165, 1.54) is 0 Å². The molecule has 0 atom stereocenters. The number of carbonyl (C=O) groups excluding carboxylic acids is 1. The van der Waals surface area contributed by atoms with Crippen LogP contribution in [0.1, 0.15) is 39.5 Å². The van der Waals surface area contributed by atoms with E-state index in [0.717, 1.165) is 25.7 Å². The van der Waals surface area contributed by atoms with Crippen molar-refractivity contribution in [1.29, 1.82) is 0 Å². The van der Waals surface area contributed by atoms with Gasteiger partial charge in [-0.25, -0.2) is 4.79 Å². The molecule has 1 aliphatic rings. The van der Waals surface area contributed by atoms with Gasteiger partial charge in [-0.15, -0.1) is 0 Å². The average molecular weight is 198 g/mol. The zero-order valence-corrected chi connectivity index (χ0v) is 8.97. The van der Waals surface area contributed by atoms with Gasteiger partial charge in [-0.3, -0.25) is 0 Å². The van der Waals surface area contributed by atoms with Crippen LogP contribution in [0, 0.1) is 0 Å². The molecule has 80 valence electrons. The smallest absolute Gasteiger partial charge is 0.335 e. The van der Waals surface area contributed by atoms with Gasteiger partial charge < -0.3 is 9.47 Å². The second-order valence-corrected chi connectivity index (χ2v) is 3.72. The molecule has 0 N–H and O–H groups in total. The standard InChI is InChI=1S/C11H18O3/c1-4-13-11(7-5-6-8-11)14-10(12)9(2)3/h2,4-8H2,1,3H3. The lowest BCUT2D eigenvalue weighted by Crippen LogP contribution is -2.35. The number of ether oxygens (including phenoxy) is 2. The first kappa shape index (κ1) is 11.2. The molecule has 0 bridgehead atoms. The van der Waals surface area contributed by atoms with Crippen LogP contribution in [0.3, 0.4) is 0 Å². The molecule has 0 aliphatic heterocycles. The minimum atomic E-state index is -0.662. The highest BCUT2D eigenvalue weighted by Crippen LogP contribution is 2.34. The van der Waals surface area contributed by atoms with E-state index in [1.54, 1.807) is 6.92 Å². The van der Waals surface area contributed by atoms with E-state index in [9.17, 15) is 4.79 Å². The zero-order valence-electron chi connectivity index (χ0n) is 8.97. The summed E-state index contributed by atoms with van der Waals surface area (Å²) in [4.78, 5) is 11.4. The van der Waals surface area contributed by atoms with Gasteiger partial charge in [-0.2, -0.15) is 0 Å². The number of esters is 1. The molecule has 1 rings (SSSR count). The Morgan fingerprint density at radius 1 is 1.43 bits per heavy atom. The molecule has 0 aromatic carbocycles. The summed E-state index contributed by atoms with van der Waals surface area (Å²) in [5, 5.41) is 0. The van der Waals surface area contributed by atoms with Crippen molar-refractivity contribution in [2.45, 2.75) is 45.3 Å². The Bertz CT molecular complexity index is 227. The van der Waals surface area contributed by atoms with Crippen LogP contribution in [0.4, 0.5) is 0 Å². The molecule has 0 aromatic rings. The molecule has 3 nitrogen and oxygen atoms in total. The topological polar surface area (TPSA) is 35.5 Å². The van der Waals surface area contributed by atoms with Gasteiger partial charge in [-0.05, 0) is 26.7 Å². The average Bonchev–Trinajstić information content (AvgIpc) is 2.54. The van der Waals surface area contributed by atoms with Gasteiger partial charge in [0.15, 0.2) is 0 Å². The molecule has 0 saturated heterocycles. The minimum absolute atomic E-state index is 0.347. The summed E-state index contributed by atoms with van der Waals surface area (Å²) in [5.41, 5.74) is 0.427. The second kappa shape index (κ2) is 4.60. The highest BCUT2D eigenvalue weighted by atomic mass is 16.7. The van der Waals surface area contributed by atoms with Crippen molar-refractivity contribution in [2.24, 2.45) is 0 Å². The maximum atomic E-state index is 11.4. The minimum Gasteiger partial charge on any atom is -0.430 e. The highest BCUT2D eigenvalue weighted by molar-refractivity contribution is 5.87. The Hall–Kier alpha value is -0.830. The molecule has 0 unspecified atom stereocenters. The van der Waals surface area contributed by atoms with Crippen molar-refractivity contribution in [3.05, 3.63) is 12.2 Å². The zero-order chi connectivity index (χ0) is 10.6. The Morgan fingerprint density at radius 2 is 2.00 bits per heavy atom. The fourth-order valence-corrected chi connectivity index (χ4v) is 1.71. The predicted molar refractivity (Wildman–Crippen MR) is 53.7 cm³/mol. The summed E-state index contributed by atoms with van der Waals surface area (Å²) in [7, 11) is 0. The fourth-order valence-electron chi connectivity index (χ4n) is 1.71. The number of carbonyl (C=O) groups is 1. The molecule has 0 amide bonds. The molecular weight excluding hydrogens is 180 g/mol. The van der Waals surface area contributed by atoms with E-state index in [4.69, 9.17) is 9.47 Å². The van der Waals surface area contributed by atoms with Gasteiger partial charge in [0.1, 0.15) is 0 Å². The molecular formula is C11H18O3. The van der Waals surface area contributed by atoms with Crippen LogP contribution >= 0.6 is 0 Å². The molecule has 0 aromatic heterocycles. The Kier molecular flexibility index (Phi) is 3.69. The Labute approximate surface area is 85.1 Å². The lowest BCUT2D eigenvalue weighted by atomic mass is 10.2. The van der Waals surface area contributed by atoms with Crippen molar-refractivity contribution in [3.63, 3.8) is 0 Å². The number of hydrogen-bond acceptors (Lipinski definition) is 3. The summed E-state index contributed by atoms with van der Waals surface area (Å²) in [6, 6.07) is 0. The lowest BCUT2D eigenvalue weighted by molar-refractivity contribution is -0.223. The molecule has 0 spiro atoms. The Morgan fingerprint density at radius 3 is 2.43 bits per heavy atom. The van der Waals surface area contributed by atoms with Crippen LogP contribution in [-0.2, 0) is 14.3 Å². The van der Waals surface area contributed by atoms with Crippen molar-refractivity contribution in [3.8, 4) is 0 Å². The molecule has 14 heavy (non-hydrogen) atoms. The van der Waals surface area contributed by atoms with Gasteiger partial charge in [-0.1, -0.05) is 6.58 Å². The summed E-state index contributed by atoms with van der Waals surface area (Å²) < 4.78 is 10.9. The Balaban J connectivity index is 2.59. The van der Waals surface area contributed by atoms with E-state index < -0.39 is 5.79 Å². The quantitative estimate of drug-likeness (QED) is 0.395. The highest BCUT2D eigenvalue weighted by Gasteiger charge is 2.38. The third-order valence-corrected chi connectivity index (χ3v) is 2.40.